The first-order valence-corrected chi connectivity index (χ1v) is 11.4. The average Bonchev–Trinajstić information content (AvgIpc) is 3.40. The number of hydrogen-bond acceptors (Lipinski definition) is 6. The molecule has 0 spiro atoms. The van der Waals surface area contributed by atoms with Crippen molar-refractivity contribution >= 4 is 22.8 Å². The Balaban J connectivity index is 1.46. The SMILES string of the molecule is COc1ccc(Cn2c(=O)n3ncnc3c3cc(CCN(Cc4ccccc4)C(=O)O)cnc32)cc1. The average molecular weight is 485 g/mol. The van der Waals surface area contributed by atoms with Crippen molar-refractivity contribution in [1.29, 1.82) is 0 Å². The molecule has 0 unspecified atom stereocenters. The Labute approximate surface area is 206 Å². The molecule has 3 heterocycles. The number of aromatic nitrogens is 5. The quantitative estimate of drug-likeness (QED) is 0.360. The van der Waals surface area contributed by atoms with E-state index in [9.17, 15) is 14.7 Å². The molecule has 0 fully saturated rings. The first-order valence-electron chi connectivity index (χ1n) is 11.4. The van der Waals surface area contributed by atoms with Crippen molar-refractivity contribution < 1.29 is 14.6 Å². The number of amides is 1. The van der Waals surface area contributed by atoms with Gasteiger partial charge in [-0.25, -0.2) is 19.6 Å². The molecule has 5 rings (SSSR count). The predicted molar refractivity (Wildman–Crippen MR) is 133 cm³/mol. The van der Waals surface area contributed by atoms with Gasteiger partial charge in [0.2, 0.25) is 0 Å². The van der Waals surface area contributed by atoms with Crippen LogP contribution in [0.1, 0.15) is 16.7 Å². The molecular formula is C26H24N6O4. The molecule has 0 saturated carbocycles. The Morgan fingerprint density at radius 3 is 2.50 bits per heavy atom. The zero-order chi connectivity index (χ0) is 25.1. The lowest BCUT2D eigenvalue weighted by atomic mass is 10.1. The summed E-state index contributed by atoms with van der Waals surface area (Å²) < 4.78 is 8.04. The lowest BCUT2D eigenvalue weighted by molar-refractivity contribution is 0.143. The number of fused-ring (bicyclic) bond motifs is 3. The summed E-state index contributed by atoms with van der Waals surface area (Å²) in [6.45, 7) is 0.893. The molecule has 182 valence electrons. The van der Waals surface area contributed by atoms with Crippen molar-refractivity contribution in [3.8, 4) is 5.75 Å². The molecule has 0 aliphatic heterocycles. The van der Waals surface area contributed by atoms with E-state index in [4.69, 9.17) is 4.74 Å². The van der Waals surface area contributed by atoms with Crippen LogP contribution in [-0.2, 0) is 19.5 Å². The maximum absolute atomic E-state index is 13.2. The number of carboxylic acid groups (broad SMARTS) is 1. The first kappa shape index (κ1) is 23.0. The highest BCUT2D eigenvalue weighted by molar-refractivity contribution is 5.89. The van der Waals surface area contributed by atoms with Crippen molar-refractivity contribution in [2.24, 2.45) is 0 Å². The monoisotopic (exact) mass is 484 g/mol. The molecule has 3 aromatic heterocycles. The van der Waals surface area contributed by atoms with E-state index in [0.29, 0.717) is 42.7 Å². The normalized spacial score (nSPS) is 11.1. The number of ether oxygens (including phenoxy) is 1. The number of benzene rings is 2. The Bertz CT molecular complexity index is 1580. The molecule has 1 amide bonds. The van der Waals surface area contributed by atoms with Crippen LogP contribution in [-0.4, -0.2) is 53.9 Å². The van der Waals surface area contributed by atoms with E-state index in [1.54, 1.807) is 17.9 Å². The second-order valence-electron chi connectivity index (χ2n) is 8.37. The van der Waals surface area contributed by atoms with Crippen molar-refractivity contribution in [1.82, 2.24) is 29.0 Å². The molecule has 36 heavy (non-hydrogen) atoms. The van der Waals surface area contributed by atoms with Gasteiger partial charge in [0.25, 0.3) is 0 Å². The Morgan fingerprint density at radius 1 is 1.00 bits per heavy atom. The van der Waals surface area contributed by atoms with Gasteiger partial charge in [-0.1, -0.05) is 42.5 Å². The number of pyridine rings is 1. The highest BCUT2D eigenvalue weighted by atomic mass is 16.5. The van der Waals surface area contributed by atoms with Gasteiger partial charge in [0.15, 0.2) is 5.65 Å². The standard InChI is InChI=1S/C26H24N6O4/c1-36-21-9-7-19(8-10-21)16-31-23-22(24-28-17-29-32(24)25(31)33)13-20(14-27-23)11-12-30(26(34)35)15-18-5-3-2-4-6-18/h2-10,13-14,17H,11-12,15-16H2,1H3,(H,34,35). The largest absolute Gasteiger partial charge is 0.497 e. The van der Waals surface area contributed by atoms with Crippen molar-refractivity contribution in [2.45, 2.75) is 19.5 Å². The third-order valence-electron chi connectivity index (χ3n) is 6.04. The van der Waals surface area contributed by atoms with E-state index in [0.717, 1.165) is 22.4 Å². The minimum absolute atomic E-state index is 0.297. The topological polar surface area (TPSA) is 115 Å². The van der Waals surface area contributed by atoms with Crippen molar-refractivity contribution in [3.63, 3.8) is 0 Å². The Hall–Kier alpha value is -4.73. The number of hydrogen-bond donors (Lipinski definition) is 1. The number of rotatable bonds is 8. The van der Waals surface area contributed by atoms with Gasteiger partial charge in [0.1, 0.15) is 17.7 Å². The first-order chi connectivity index (χ1) is 17.5. The van der Waals surface area contributed by atoms with E-state index >= 15 is 0 Å². The summed E-state index contributed by atoms with van der Waals surface area (Å²) >= 11 is 0. The van der Waals surface area contributed by atoms with Crippen LogP contribution in [0.4, 0.5) is 4.79 Å². The molecule has 0 atom stereocenters. The lowest BCUT2D eigenvalue weighted by Crippen LogP contribution is -2.31. The lowest BCUT2D eigenvalue weighted by Gasteiger charge is -2.19. The van der Waals surface area contributed by atoms with Gasteiger partial charge in [-0.05, 0) is 41.3 Å². The van der Waals surface area contributed by atoms with Crippen molar-refractivity contribution in [3.05, 3.63) is 100 Å². The van der Waals surface area contributed by atoms with Crippen LogP contribution in [0.15, 0.2) is 78.0 Å². The van der Waals surface area contributed by atoms with E-state index in [2.05, 4.69) is 15.1 Å². The second-order valence-corrected chi connectivity index (χ2v) is 8.37. The second kappa shape index (κ2) is 9.87. The summed E-state index contributed by atoms with van der Waals surface area (Å²) in [4.78, 5) is 35.2. The van der Waals surface area contributed by atoms with E-state index in [-0.39, 0.29) is 5.69 Å². The van der Waals surface area contributed by atoms with Crippen molar-refractivity contribution in [2.75, 3.05) is 13.7 Å². The zero-order valence-electron chi connectivity index (χ0n) is 19.6. The van der Waals surface area contributed by atoms with Crippen LogP contribution in [0.3, 0.4) is 0 Å². The number of carbonyl (C=O) groups is 1. The number of methoxy groups -OCH3 is 1. The number of nitrogens with zero attached hydrogens (tertiary/aromatic N) is 6. The third-order valence-corrected chi connectivity index (χ3v) is 6.04. The van der Waals surface area contributed by atoms with E-state index in [1.165, 1.54) is 15.7 Å². The third kappa shape index (κ3) is 4.61. The summed E-state index contributed by atoms with van der Waals surface area (Å²) in [6, 6.07) is 18.8. The molecular weight excluding hydrogens is 460 g/mol. The van der Waals surface area contributed by atoms with Crippen LogP contribution < -0.4 is 10.4 Å². The maximum Gasteiger partial charge on any atom is 0.407 e. The molecule has 0 radical (unpaired) electrons. The molecule has 5 aromatic rings. The molecule has 0 bridgehead atoms. The van der Waals surface area contributed by atoms with Gasteiger partial charge in [-0.2, -0.15) is 9.61 Å². The van der Waals surface area contributed by atoms with Gasteiger partial charge in [-0.3, -0.25) is 4.57 Å². The maximum atomic E-state index is 13.2. The van der Waals surface area contributed by atoms with Gasteiger partial charge < -0.3 is 14.7 Å². The fourth-order valence-corrected chi connectivity index (χ4v) is 4.15. The van der Waals surface area contributed by atoms with Gasteiger partial charge in [0.05, 0.1) is 19.0 Å². The summed E-state index contributed by atoms with van der Waals surface area (Å²) in [5.41, 5.74) is 3.22. The highest BCUT2D eigenvalue weighted by Crippen LogP contribution is 2.19. The molecule has 2 aromatic carbocycles. The molecule has 0 aliphatic rings. The molecule has 10 nitrogen and oxygen atoms in total. The van der Waals surface area contributed by atoms with Crippen LogP contribution >= 0.6 is 0 Å². The molecule has 0 saturated heterocycles. The summed E-state index contributed by atoms with van der Waals surface area (Å²) in [5.74, 6) is 0.730. The summed E-state index contributed by atoms with van der Waals surface area (Å²) in [7, 11) is 1.60. The molecule has 1 N–H and O–H groups in total. The Morgan fingerprint density at radius 2 is 1.78 bits per heavy atom. The molecule has 0 aliphatic carbocycles. The fourth-order valence-electron chi connectivity index (χ4n) is 4.15. The van der Waals surface area contributed by atoms with Crippen LogP contribution in [0.25, 0.3) is 16.7 Å². The smallest absolute Gasteiger partial charge is 0.407 e. The molecule has 10 heteroatoms. The van der Waals surface area contributed by atoms with Gasteiger partial charge >= 0.3 is 11.8 Å². The highest BCUT2D eigenvalue weighted by Gasteiger charge is 2.16. The van der Waals surface area contributed by atoms with Gasteiger partial charge in [0, 0.05) is 19.3 Å². The van der Waals surface area contributed by atoms with E-state index in [1.807, 2.05) is 60.7 Å². The Kier molecular flexibility index (Phi) is 6.31. The minimum atomic E-state index is -0.985. The van der Waals surface area contributed by atoms with Crippen LogP contribution in [0.2, 0.25) is 0 Å². The summed E-state index contributed by atoms with van der Waals surface area (Å²) in [5, 5.41) is 14.5. The summed E-state index contributed by atoms with van der Waals surface area (Å²) in [6.07, 6.45) is 2.50. The zero-order valence-corrected chi connectivity index (χ0v) is 19.6. The van der Waals surface area contributed by atoms with E-state index < -0.39 is 6.09 Å². The van der Waals surface area contributed by atoms with Gasteiger partial charge in [-0.15, -0.1) is 0 Å². The van der Waals surface area contributed by atoms with Crippen LogP contribution in [0, 0.1) is 0 Å². The predicted octanol–water partition coefficient (Wildman–Crippen LogP) is 3.22. The van der Waals surface area contributed by atoms with Crippen LogP contribution in [0.5, 0.6) is 5.75 Å². The minimum Gasteiger partial charge on any atom is -0.497 e. The fraction of sp³-hybridized carbons (Fsp3) is 0.192.